The van der Waals surface area contributed by atoms with Crippen LogP contribution in [0.2, 0.25) is 0 Å². The third-order valence-electron chi connectivity index (χ3n) is 3.09. The number of halogens is 3. The number of rotatable bonds is 2. The van der Waals surface area contributed by atoms with E-state index in [1.807, 2.05) is 20.8 Å². The first-order chi connectivity index (χ1) is 9.21. The minimum atomic E-state index is -4.39. The van der Waals surface area contributed by atoms with Crippen LogP contribution in [-0.4, -0.2) is 14.8 Å². The van der Waals surface area contributed by atoms with E-state index in [4.69, 9.17) is 5.73 Å². The van der Waals surface area contributed by atoms with Crippen molar-refractivity contribution in [2.24, 2.45) is 5.73 Å². The summed E-state index contributed by atoms with van der Waals surface area (Å²) in [5.74, 6) is 0.338. The molecule has 0 spiro atoms. The van der Waals surface area contributed by atoms with Crippen molar-refractivity contribution in [2.75, 3.05) is 0 Å². The third-order valence-corrected chi connectivity index (χ3v) is 3.09. The highest BCUT2D eigenvalue weighted by molar-refractivity contribution is 5.35. The summed E-state index contributed by atoms with van der Waals surface area (Å²) in [4.78, 5) is 3.83. The number of hydrogen-bond acceptors (Lipinski definition) is 3. The van der Waals surface area contributed by atoms with Crippen LogP contribution < -0.4 is 5.73 Å². The van der Waals surface area contributed by atoms with E-state index in [9.17, 15) is 13.2 Å². The summed E-state index contributed by atoms with van der Waals surface area (Å²) in [5, 5.41) is 4.29. The van der Waals surface area contributed by atoms with Crippen molar-refractivity contribution >= 4 is 0 Å². The van der Waals surface area contributed by atoms with Crippen LogP contribution in [0.1, 0.15) is 35.5 Å². The zero-order chi connectivity index (χ0) is 15.1. The van der Waals surface area contributed by atoms with Crippen LogP contribution >= 0.6 is 0 Å². The normalized spacial score (nSPS) is 13.6. The van der Waals surface area contributed by atoms with E-state index >= 15 is 0 Å². The fourth-order valence-corrected chi connectivity index (χ4v) is 2.22. The fourth-order valence-electron chi connectivity index (χ4n) is 2.22. The Morgan fingerprint density at radius 3 is 2.30 bits per heavy atom. The van der Waals surface area contributed by atoms with Crippen LogP contribution in [0, 0.1) is 13.8 Å². The van der Waals surface area contributed by atoms with Gasteiger partial charge in [0.1, 0.15) is 0 Å². The van der Waals surface area contributed by atoms with E-state index in [1.54, 1.807) is 0 Å². The fraction of sp³-hybridized carbons (Fsp3) is 0.385. The van der Waals surface area contributed by atoms with Gasteiger partial charge in [-0.05, 0) is 32.9 Å². The van der Waals surface area contributed by atoms with E-state index in [-0.39, 0.29) is 6.04 Å². The summed E-state index contributed by atoms with van der Waals surface area (Å²) < 4.78 is 39.0. The first-order valence-corrected chi connectivity index (χ1v) is 6.07. The number of pyridine rings is 1. The first-order valence-electron chi connectivity index (χ1n) is 6.07. The Balaban J connectivity index is 2.45. The molecule has 2 aromatic rings. The van der Waals surface area contributed by atoms with Crippen LogP contribution in [0.15, 0.2) is 18.3 Å². The van der Waals surface area contributed by atoms with Gasteiger partial charge in [0.2, 0.25) is 0 Å². The van der Waals surface area contributed by atoms with Gasteiger partial charge in [-0.3, -0.25) is 0 Å². The van der Waals surface area contributed by atoms with Crippen molar-refractivity contribution in [3.05, 3.63) is 40.8 Å². The maximum Gasteiger partial charge on any atom is 0.417 e. The van der Waals surface area contributed by atoms with E-state index in [2.05, 4.69) is 10.1 Å². The molecular weight excluding hydrogens is 269 g/mol. The lowest BCUT2D eigenvalue weighted by Crippen LogP contribution is -2.09. The van der Waals surface area contributed by atoms with E-state index in [1.165, 1.54) is 10.7 Å². The predicted octanol–water partition coefficient (Wildman–Crippen LogP) is 2.92. The molecule has 1 unspecified atom stereocenters. The van der Waals surface area contributed by atoms with Crippen molar-refractivity contribution in [1.82, 2.24) is 14.8 Å². The van der Waals surface area contributed by atoms with Crippen LogP contribution in [0.4, 0.5) is 13.2 Å². The zero-order valence-electron chi connectivity index (χ0n) is 11.4. The number of aromatic nitrogens is 3. The first kappa shape index (κ1) is 14.5. The Kier molecular flexibility index (Phi) is 3.56. The van der Waals surface area contributed by atoms with Crippen molar-refractivity contribution < 1.29 is 13.2 Å². The molecule has 20 heavy (non-hydrogen) atoms. The van der Waals surface area contributed by atoms with Crippen LogP contribution in [0.5, 0.6) is 0 Å². The van der Waals surface area contributed by atoms with Gasteiger partial charge in [0.05, 0.1) is 11.3 Å². The van der Waals surface area contributed by atoms with Crippen molar-refractivity contribution in [3.8, 4) is 5.82 Å². The molecule has 0 aliphatic rings. The molecule has 2 aromatic heterocycles. The topological polar surface area (TPSA) is 56.7 Å². The highest BCUT2D eigenvalue weighted by Crippen LogP contribution is 2.29. The molecule has 2 heterocycles. The molecule has 0 saturated heterocycles. The molecule has 0 amide bonds. The lowest BCUT2D eigenvalue weighted by molar-refractivity contribution is -0.137. The lowest BCUT2D eigenvalue weighted by Gasteiger charge is -2.09. The van der Waals surface area contributed by atoms with Crippen LogP contribution in [-0.2, 0) is 6.18 Å². The standard InChI is InChI=1S/C13H15F3N4/c1-7(17)12-8(2)19-20(9(12)3)11-5-4-10(6-18-11)13(14,15)16/h4-7H,17H2,1-3H3. The van der Waals surface area contributed by atoms with Gasteiger partial charge in [0.25, 0.3) is 0 Å². The molecule has 0 radical (unpaired) electrons. The number of aryl methyl sites for hydroxylation is 1. The summed E-state index contributed by atoms with van der Waals surface area (Å²) in [6.45, 7) is 5.46. The van der Waals surface area contributed by atoms with Crippen molar-refractivity contribution in [1.29, 1.82) is 0 Å². The van der Waals surface area contributed by atoms with Gasteiger partial charge in [-0.25, -0.2) is 9.67 Å². The molecule has 0 aliphatic carbocycles. The minimum Gasteiger partial charge on any atom is -0.324 e. The maximum atomic E-state index is 12.5. The molecule has 0 aromatic carbocycles. The average molecular weight is 284 g/mol. The summed E-state index contributed by atoms with van der Waals surface area (Å²) >= 11 is 0. The molecule has 0 fully saturated rings. The van der Waals surface area contributed by atoms with E-state index in [0.29, 0.717) is 5.82 Å². The average Bonchev–Trinajstić information content (AvgIpc) is 2.64. The molecule has 1 atom stereocenters. The van der Waals surface area contributed by atoms with Crippen molar-refractivity contribution in [3.63, 3.8) is 0 Å². The number of hydrogen-bond donors (Lipinski definition) is 1. The molecule has 0 bridgehead atoms. The maximum absolute atomic E-state index is 12.5. The molecule has 4 nitrogen and oxygen atoms in total. The Bertz CT molecular complexity index is 612. The van der Waals surface area contributed by atoms with E-state index < -0.39 is 11.7 Å². The van der Waals surface area contributed by atoms with Crippen LogP contribution in [0.3, 0.4) is 0 Å². The minimum absolute atomic E-state index is 0.196. The number of nitrogens with two attached hydrogens (primary N) is 1. The summed E-state index contributed by atoms with van der Waals surface area (Å²) in [5.41, 5.74) is 7.50. The summed E-state index contributed by atoms with van der Waals surface area (Å²) in [7, 11) is 0. The molecule has 7 heteroatoms. The quantitative estimate of drug-likeness (QED) is 0.922. The van der Waals surface area contributed by atoms with Gasteiger partial charge in [-0.1, -0.05) is 0 Å². The Hall–Kier alpha value is -1.89. The number of alkyl halides is 3. The van der Waals surface area contributed by atoms with E-state index in [0.717, 1.165) is 29.2 Å². The highest BCUT2D eigenvalue weighted by atomic mass is 19.4. The van der Waals surface area contributed by atoms with Gasteiger partial charge >= 0.3 is 6.18 Å². The predicted molar refractivity (Wildman–Crippen MR) is 68.4 cm³/mol. The summed E-state index contributed by atoms with van der Waals surface area (Å²) in [6.07, 6.45) is -3.59. The monoisotopic (exact) mass is 284 g/mol. The Morgan fingerprint density at radius 1 is 1.25 bits per heavy atom. The molecular formula is C13H15F3N4. The van der Waals surface area contributed by atoms with Crippen LogP contribution in [0.25, 0.3) is 5.82 Å². The third kappa shape index (κ3) is 2.53. The molecule has 2 N–H and O–H groups in total. The largest absolute Gasteiger partial charge is 0.417 e. The zero-order valence-corrected chi connectivity index (χ0v) is 11.4. The Morgan fingerprint density at radius 2 is 1.90 bits per heavy atom. The smallest absolute Gasteiger partial charge is 0.324 e. The second kappa shape index (κ2) is 4.90. The van der Waals surface area contributed by atoms with Gasteiger partial charge in [0, 0.05) is 23.5 Å². The van der Waals surface area contributed by atoms with Crippen molar-refractivity contribution in [2.45, 2.75) is 33.0 Å². The molecule has 2 rings (SSSR count). The Labute approximate surface area is 114 Å². The van der Waals surface area contributed by atoms with Gasteiger partial charge < -0.3 is 5.73 Å². The second-order valence-corrected chi connectivity index (χ2v) is 4.69. The number of nitrogens with zero attached hydrogens (tertiary/aromatic N) is 3. The SMILES string of the molecule is Cc1nn(-c2ccc(C(F)(F)F)cn2)c(C)c1C(C)N. The highest BCUT2D eigenvalue weighted by Gasteiger charge is 2.30. The summed E-state index contributed by atoms with van der Waals surface area (Å²) in [6, 6.07) is 2.09. The molecule has 108 valence electrons. The van der Waals surface area contributed by atoms with Gasteiger partial charge in [-0.15, -0.1) is 0 Å². The van der Waals surface area contributed by atoms with Gasteiger partial charge in [0.15, 0.2) is 5.82 Å². The molecule has 0 saturated carbocycles. The lowest BCUT2D eigenvalue weighted by atomic mass is 10.1. The van der Waals surface area contributed by atoms with Gasteiger partial charge in [-0.2, -0.15) is 18.3 Å². The second-order valence-electron chi connectivity index (χ2n) is 4.69. The molecule has 0 aliphatic heterocycles.